The van der Waals surface area contributed by atoms with Crippen LogP contribution in [0.4, 0.5) is 10.2 Å². The summed E-state index contributed by atoms with van der Waals surface area (Å²) in [5.74, 6) is -0.759. The van der Waals surface area contributed by atoms with E-state index in [-0.39, 0.29) is 29.9 Å². The number of rotatable bonds is 5. The first-order chi connectivity index (χ1) is 14.4. The Hall–Kier alpha value is -2.74. The minimum atomic E-state index is -0.573. The molecule has 1 saturated carbocycles. The molecule has 0 aromatic carbocycles. The average Bonchev–Trinajstić information content (AvgIpc) is 3.12. The van der Waals surface area contributed by atoms with E-state index < -0.39 is 5.82 Å². The number of nitrogens with zero attached hydrogens (tertiary/aromatic N) is 3. The third-order valence-corrected chi connectivity index (χ3v) is 5.43. The van der Waals surface area contributed by atoms with Gasteiger partial charge in [-0.25, -0.2) is 19.3 Å². The van der Waals surface area contributed by atoms with Crippen molar-refractivity contribution in [1.29, 1.82) is 0 Å². The largest absolute Gasteiger partial charge is 0.463 e. The van der Waals surface area contributed by atoms with Crippen LogP contribution in [0.3, 0.4) is 0 Å². The molecule has 3 aromatic heterocycles. The highest BCUT2D eigenvalue weighted by Crippen LogP contribution is 2.31. The van der Waals surface area contributed by atoms with Crippen molar-refractivity contribution in [3.63, 3.8) is 0 Å². The Morgan fingerprint density at radius 1 is 1.30 bits per heavy atom. The number of H-pyrrole nitrogens is 1. The first kappa shape index (κ1) is 20.5. The lowest BCUT2D eigenvalue weighted by Crippen LogP contribution is -2.39. The highest BCUT2D eigenvalue weighted by atomic mass is 35.5. The second kappa shape index (κ2) is 8.55. The summed E-state index contributed by atoms with van der Waals surface area (Å²) < 4.78 is 19.9. The van der Waals surface area contributed by atoms with E-state index in [0.29, 0.717) is 28.5 Å². The fourth-order valence-electron chi connectivity index (χ4n) is 3.84. The maximum absolute atomic E-state index is 14.5. The van der Waals surface area contributed by atoms with Gasteiger partial charge in [0.1, 0.15) is 5.65 Å². The number of aromatic nitrogens is 4. The van der Waals surface area contributed by atoms with E-state index >= 15 is 0 Å². The van der Waals surface area contributed by atoms with E-state index in [9.17, 15) is 9.18 Å². The van der Waals surface area contributed by atoms with Crippen molar-refractivity contribution in [2.45, 2.75) is 51.7 Å². The Morgan fingerprint density at radius 3 is 2.90 bits per heavy atom. The van der Waals surface area contributed by atoms with Gasteiger partial charge in [0.05, 0.1) is 23.2 Å². The van der Waals surface area contributed by atoms with Crippen LogP contribution >= 0.6 is 11.6 Å². The maximum atomic E-state index is 14.5. The molecular weight excluding hydrogens is 409 g/mol. The second-order valence-electron chi connectivity index (χ2n) is 7.77. The molecule has 30 heavy (non-hydrogen) atoms. The van der Waals surface area contributed by atoms with Crippen molar-refractivity contribution in [1.82, 2.24) is 19.9 Å². The summed E-state index contributed by atoms with van der Waals surface area (Å²) >= 11 is 6.07. The zero-order valence-corrected chi connectivity index (χ0v) is 17.5. The van der Waals surface area contributed by atoms with Crippen LogP contribution in [-0.2, 0) is 9.53 Å². The van der Waals surface area contributed by atoms with Gasteiger partial charge in [0.2, 0.25) is 0 Å². The number of fused-ring (bicyclic) bond motifs is 1. The predicted octanol–water partition coefficient (Wildman–Crippen LogP) is 4.73. The third-order valence-electron chi connectivity index (χ3n) is 5.23. The predicted molar refractivity (Wildman–Crippen MR) is 113 cm³/mol. The first-order valence-corrected chi connectivity index (χ1v) is 10.4. The fraction of sp³-hybridized carbons (Fsp3) is 0.429. The standard InChI is InChI=1S/C21H23ClFN5O2/c1-11(2)30-21(29)13-5-3-4-6-17(13)27-20-16(23)10-26-19(28-20)15-9-25-18-14(15)7-12(22)8-24-18/h7-11,13,17H,3-6H2,1-2H3,(H,24,25)(H,26,27,28)/t13?,17-/m0/s1. The van der Waals surface area contributed by atoms with Gasteiger partial charge in [-0.15, -0.1) is 0 Å². The SMILES string of the molecule is CC(C)OC(=O)C1CCCC[C@@H]1Nc1nc(-c2c[nH]c3ncc(Cl)cc23)ncc1F. The minimum Gasteiger partial charge on any atom is -0.463 e. The maximum Gasteiger partial charge on any atom is 0.311 e. The van der Waals surface area contributed by atoms with Gasteiger partial charge >= 0.3 is 5.97 Å². The summed E-state index contributed by atoms with van der Waals surface area (Å²) in [4.78, 5) is 28.3. The molecule has 1 aliphatic rings. The van der Waals surface area contributed by atoms with Crippen LogP contribution in [0.5, 0.6) is 0 Å². The summed E-state index contributed by atoms with van der Waals surface area (Å²) in [6, 6.07) is 1.51. The molecule has 3 aromatic rings. The van der Waals surface area contributed by atoms with Crippen molar-refractivity contribution in [2.24, 2.45) is 5.92 Å². The topological polar surface area (TPSA) is 92.8 Å². The molecule has 1 aliphatic carbocycles. The molecule has 0 spiro atoms. The highest BCUT2D eigenvalue weighted by Gasteiger charge is 2.33. The Labute approximate surface area is 178 Å². The molecule has 0 bridgehead atoms. The monoisotopic (exact) mass is 431 g/mol. The van der Waals surface area contributed by atoms with E-state index in [4.69, 9.17) is 16.3 Å². The van der Waals surface area contributed by atoms with E-state index in [1.54, 1.807) is 18.5 Å². The minimum absolute atomic E-state index is 0.0681. The molecule has 0 amide bonds. The Balaban J connectivity index is 1.63. The number of anilines is 1. The first-order valence-electron chi connectivity index (χ1n) is 10.0. The molecule has 2 N–H and O–H groups in total. The van der Waals surface area contributed by atoms with E-state index in [1.165, 1.54) is 0 Å². The third kappa shape index (κ3) is 4.23. The summed E-state index contributed by atoms with van der Waals surface area (Å²) in [6.07, 6.45) is 7.54. The number of ether oxygens (including phenoxy) is 1. The van der Waals surface area contributed by atoms with Crippen molar-refractivity contribution < 1.29 is 13.9 Å². The quantitative estimate of drug-likeness (QED) is 0.567. The van der Waals surface area contributed by atoms with Crippen molar-refractivity contribution in [3.05, 3.63) is 35.5 Å². The molecule has 9 heteroatoms. The number of esters is 1. The van der Waals surface area contributed by atoms with E-state index in [1.807, 2.05) is 13.8 Å². The molecule has 0 saturated heterocycles. The number of pyridine rings is 1. The van der Waals surface area contributed by atoms with Crippen LogP contribution in [0, 0.1) is 11.7 Å². The van der Waals surface area contributed by atoms with Gasteiger partial charge in [-0.05, 0) is 32.8 Å². The van der Waals surface area contributed by atoms with Gasteiger partial charge in [-0.1, -0.05) is 24.4 Å². The number of hydrogen-bond donors (Lipinski definition) is 2. The van der Waals surface area contributed by atoms with Gasteiger partial charge in [0.15, 0.2) is 17.5 Å². The number of halogens is 2. The molecule has 0 aliphatic heterocycles. The lowest BCUT2D eigenvalue weighted by Gasteiger charge is -2.31. The Bertz CT molecular complexity index is 1070. The molecule has 1 unspecified atom stereocenters. The van der Waals surface area contributed by atoms with Crippen molar-refractivity contribution >= 4 is 34.4 Å². The van der Waals surface area contributed by atoms with Crippen molar-refractivity contribution in [2.75, 3.05) is 5.32 Å². The van der Waals surface area contributed by atoms with E-state index in [0.717, 1.165) is 30.8 Å². The molecular formula is C21H23ClFN5O2. The lowest BCUT2D eigenvalue weighted by atomic mass is 9.84. The smallest absolute Gasteiger partial charge is 0.311 e. The number of aromatic amines is 1. The number of nitrogens with one attached hydrogen (secondary N) is 2. The van der Waals surface area contributed by atoms with Gasteiger partial charge in [-0.3, -0.25) is 4.79 Å². The van der Waals surface area contributed by atoms with E-state index in [2.05, 4.69) is 25.3 Å². The average molecular weight is 432 g/mol. The highest BCUT2D eigenvalue weighted by molar-refractivity contribution is 6.31. The Morgan fingerprint density at radius 2 is 2.10 bits per heavy atom. The van der Waals surface area contributed by atoms with Gasteiger partial charge < -0.3 is 15.0 Å². The van der Waals surface area contributed by atoms with Gasteiger partial charge in [0.25, 0.3) is 0 Å². The lowest BCUT2D eigenvalue weighted by molar-refractivity contribution is -0.153. The zero-order valence-electron chi connectivity index (χ0n) is 16.8. The summed E-state index contributed by atoms with van der Waals surface area (Å²) in [7, 11) is 0. The Kier molecular flexibility index (Phi) is 5.85. The zero-order chi connectivity index (χ0) is 21.3. The van der Waals surface area contributed by atoms with Crippen LogP contribution in [-0.4, -0.2) is 38.1 Å². The van der Waals surface area contributed by atoms with Crippen LogP contribution in [0.1, 0.15) is 39.5 Å². The molecule has 4 rings (SSSR count). The molecule has 158 valence electrons. The number of hydrogen-bond acceptors (Lipinski definition) is 6. The van der Waals surface area contributed by atoms with Crippen LogP contribution in [0.15, 0.2) is 24.7 Å². The molecule has 2 atom stereocenters. The fourth-order valence-corrected chi connectivity index (χ4v) is 4.00. The van der Waals surface area contributed by atoms with Crippen LogP contribution in [0.25, 0.3) is 22.4 Å². The number of carbonyl (C=O) groups is 1. The molecule has 3 heterocycles. The van der Waals surface area contributed by atoms with Crippen molar-refractivity contribution in [3.8, 4) is 11.4 Å². The van der Waals surface area contributed by atoms with Crippen LogP contribution < -0.4 is 5.32 Å². The normalized spacial score (nSPS) is 19.2. The number of carbonyl (C=O) groups excluding carboxylic acids is 1. The summed E-state index contributed by atoms with van der Waals surface area (Å²) in [5, 5.41) is 4.37. The summed E-state index contributed by atoms with van der Waals surface area (Å²) in [5.41, 5.74) is 1.31. The van der Waals surface area contributed by atoms with Gasteiger partial charge in [-0.2, -0.15) is 0 Å². The summed E-state index contributed by atoms with van der Waals surface area (Å²) in [6.45, 7) is 3.64. The van der Waals surface area contributed by atoms with Gasteiger partial charge in [0, 0.05) is 29.4 Å². The molecule has 7 nitrogen and oxygen atoms in total. The molecule has 1 fully saturated rings. The second-order valence-corrected chi connectivity index (χ2v) is 8.21. The molecule has 0 radical (unpaired) electrons. The van der Waals surface area contributed by atoms with Crippen LogP contribution in [0.2, 0.25) is 5.02 Å².